The summed E-state index contributed by atoms with van der Waals surface area (Å²) in [5, 5.41) is 0.563. The number of rotatable bonds is 2. The lowest BCUT2D eigenvalue weighted by Crippen LogP contribution is -1.82. The van der Waals surface area contributed by atoms with Gasteiger partial charge in [-0.2, -0.15) is 0 Å². The number of aromatic amines is 1. The zero-order chi connectivity index (χ0) is 10.8. The molecule has 0 aliphatic carbocycles. The Morgan fingerprint density at radius 2 is 2.13 bits per heavy atom. The predicted molar refractivity (Wildman–Crippen MR) is 55.6 cm³/mol. The van der Waals surface area contributed by atoms with Gasteiger partial charge in [0.15, 0.2) is 16.8 Å². The minimum absolute atomic E-state index is 0.397. The minimum atomic E-state index is -0.900. The Labute approximate surface area is 89.1 Å². The molecule has 15 heavy (non-hydrogen) atoms. The van der Waals surface area contributed by atoms with Crippen molar-refractivity contribution >= 4 is 22.8 Å². The number of hydrogen-bond donors (Lipinski definition) is 1. The van der Waals surface area contributed by atoms with Crippen molar-refractivity contribution in [2.24, 2.45) is 0 Å². The molecule has 0 saturated heterocycles. The van der Waals surface area contributed by atoms with E-state index in [1.54, 1.807) is 0 Å². The number of halogens is 2. The SMILES string of the molecule is C#CCSc1nc2cc(F)c(F)cc2[nH]1. The van der Waals surface area contributed by atoms with Gasteiger partial charge in [-0.15, -0.1) is 6.42 Å². The Bertz CT molecular complexity index is 503. The van der Waals surface area contributed by atoms with Crippen molar-refractivity contribution in [3.05, 3.63) is 23.8 Å². The van der Waals surface area contributed by atoms with Crippen LogP contribution in [0.1, 0.15) is 0 Å². The number of thioether (sulfide) groups is 1. The molecule has 1 N–H and O–H groups in total. The second kappa shape index (κ2) is 3.91. The summed E-state index contributed by atoms with van der Waals surface area (Å²) in [6.07, 6.45) is 5.09. The van der Waals surface area contributed by atoms with E-state index in [1.807, 2.05) is 0 Å². The van der Waals surface area contributed by atoms with Crippen LogP contribution in [0.2, 0.25) is 0 Å². The van der Waals surface area contributed by atoms with Crippen LogP contribution >= 0.6 is 11.8 Å². The normalized spacial score (nSPS) is 10.5. The highest BCUT2D eigenvalue weighted by molar-refractivity contribution is 7.99. The molecule has 0 amide bonds. The number of benzene rings is 1. The van der Waals surface area contributed by atoms with Crippen LogP contribution in [0.3, 0.4) is 0 Å². The molecule has 0 aliphatic heterocycles. The van der Waals surface area contributed by atoms with Gasteiger partial charge in [-0.25, -0.2) is 13.8 Å². The fraction of sp³-hybridized carbons (Fsp3) is 0.100. The van der Waals surface area contributed by atoms with Crippen molar-refractivity contribution in [1.29, 1.82) is 0 Å². The first kappa shape index (κ1) is 9.99. The summed E-state index contributed by atoms with van der Waals surface area (Å²) in [6, 6.07) is 2.14. The van der Waals surface area contributed by atoms with Crippen LogP contribution in [0.15, 0.2) is 17.3 Å². The molecule has 1 aromatic carbocycles. The van der Waals surface area contributed by atoms with Crippen LogP contribution < -0.4 is 0 Å². The molecule has 1 aromatic heterocycles. The summed E-state index contributed by atoms with van der Waals surface area (Å²) in [6.45, 7) is 0. The zero-order valence-corrected chi connectivity index (χ0v) is 8.37. The molecular formula is C10H6F2N2S. The summed E-state index contributed by atoms with van der Waals surface area (Å²) < 4.78 is 25.7. The molecule has 0 bridgehead atoms. The molecule has 0 aliphatic rings. The van der Waals surface area contributed by atoms with Gasteiger partial charge in [0, 0.05) is 12.1 Å². The second-order valence-corrected chi connectivity index (χ2v) is 3.78. The van der Waals surface area contributed by atoms with Gasteiger partial charge in [-0.05, 0) is 0 Å². The van der Waals surface area contributed by atoms with Crippen molar-refractivity contribution in [1.82, 2.24) is 9.97 Å². The van der Waals surface area contributed by atoms with Gasteiger partial charge in [0.05, 0.1) is 16.8 Å². The number of aromatic nitrogens is 2. The molecule has 2 nitrogen and oxygen atoms in total. The van der Waals surface area contributed by atoms with Gasteiger partial charge in [-0.3, -0.25) is 0 Å². The first-order valence-corrected chi connectivity index (χ1v) is 5.10. The number of imidazole rings is 1. The number of fused-ring (bicyclic) bond motifs is 1. The minimum Gasteiger partial charge on any atom is -0.333 e. The average molecular weight is 224 g/mol. The number of hydrogen-bond acceptors (Lipinski definition) is 2. The molecule has 5 heteroatoms. The van der Waals surface area contributed by atoms with E-state index in [9.17, 15) is 8.78 Å². The van der Waals surface area contributed by atoms with Crippen LogP contribution in [0, 0.1) is 24.0 Å². The number of nitrogens with one attached hydrogen (secondary N) is 1. The molecular weight excluding hydrogens is 218 g/mol. The third-order valence-corrected chi connectivity index (χ3v) is 2.57. The molecule has 0 saturated carbocycles. The Morgan fingerprint density at radius 3 is 2.87 bits per heavy atom. The quantitative estimate of drug-likeness (QED) is 0.627. The Hall–Kier alpha value is -1.54. The fourth-order valence-electron chi connectivity index (χ4n) is 1.16. The fourth-order valence-corrected chi connectivity index (χ4v) is 1.72. The predicted octanol–water partition coefficient (Wildman–Crippen LogP) is 2.57. The maximum atomic E-state index is 12.8. The summed E-state index contributed by atoms with van der Waals surface area (Å²) in [5.74, 6) is 1.11. The van der Waals surface area contributed by atoms with Gasteiger partial charge in [0.1, 0.15) is 0 Å². The third-order valence-electron chi connectivity index (χ3n) is 1.79. The number of H-pyrrole nitrogens is 1. The Morgan fingerprint density at radius 1 is 1.40 bits per heavy atom. The lowest BCUT2D eigenvalue weighted by atomic mass is 10.3. The highest BCUT2D eigenvalue weighted by Crippen LogP contribution is 2.21. The van der Waals surface area contributed by atoms with Crippen molar-refractivity contribution < 1.29 is 8.78 Å². The molecule has 0 atom stereocenters. The first-order valence-electron chi connectivity index (χ1n) is 4.11. The summed E-state index contributed by atoms with van der Waals surface area (Å²) in [5.41, 5.74) is 0.863. The van der Waals surface area contributed by atoms with Gasteiger partial charge < -0.3 is 4.98 Å². The van der Waals surface area contributed by atoms with Gasteiger partial charge in [0.2, 0.25) is 0 Å². The largest absolute Gasteiger partial charge is 0.333 e. The van der Waals surface area contributed by atoms with E-state index in [4.69, 9.17) is 6.42 Å². The number of nitrogens with zero attached hydrogens (tertiary/aromatic N) is 1. The first-order chi connectivity index (χ1) is 7.20. The van der Waals surface area contributed by atoms with E-state index in [0.717, 1.165) is 12.1 Å². The van der Waals surface area contributed by atoms with E-state index >= 15 is 0 Å². The summed E-state index contributed by atoms with van der Waals surface area (Å²) in [7, 11) is 0. The maximum Gasteiger partial charge on any atom is 0.167 e. The molecule has 0 fully saturated rings. The van der Waals surface area contributed by atoms with Crippen molar-refractivity contribution in [2.75, 3.05) is 5.75 Å². The van der Waals surface area contributed by atoms with Gasteiger partial charge in [0.25, 0.3) is 0 Å². The van der Waals surface area contributed by atoms with Crippen LogP contribution in [0.25, 0.3) is 11.0 Å². The highest BCUT2D eigenvalue weighted by Gasteiger charge is 2.08. The van der Waals surface area contributed by atoms with E-state index in [2.05, 4.69) is 15.9 Å². The molecule has 2 rings (SSSR count). The lowest BCUT2D eigenvalue weighted by Gasteiger charge is -1.90. The van der Waals surface area contributed by atoms with Crippen LogP contribution in [-0.2, 0) is 0 Å². The van der Waals surface area contributed by atoms with E-state index < -0.39 is 11.6 Å². The number of terminal acetylenes is 1. The topological polar surface area (TPSA) is 28.7 Å². The molecule has 76 valence electrons. The van der Waals surface area contributed by atoms with E-state index in [-0.39, 0.29) is 0 Å². The third kappa shape index (κ3) is 1.95. The van der Waals surface area contributed by atoms with Gasteiger partial charge in [-0.1, -0.05) is 17.7 Å². The molecule has 0 radical (unpaired) electrons. The smallest absolute Gasteiger partial charge is 0.167 e. The van der Waals surface area contributed by atoms with Gasteiger partial charge >= 0.3 is 0 Å². The van der Waals surface area contributed by atoms with Crippen molar-refractivity contribution in [2.45, 2.75) is 5.16 Å². The standard InChI is InChI=1S/C10H6F2N2S/c1-2-3-15-10-13-8-4-6(11)7(12)5-9(8)14-10/h1,4-5H,3H2,(H,13,14). The zero-order valence-electron chi connectivity index (χ0n) is 7.55. The highest BCUT2D eigenvalue weighted by atomic mass is 32.2. The Kier molecular flexibility index (Phi) is 2.60. The lowest BCUT2D eigenvalue weighted by molar-refractivity contribution is 0.510. The Balaban J connectivity index is 2.43. The molecule has 0 unspecified atom stereocenters. The summed E-state index contributed by atoms with van der Waals surface area (Å²) in [4.78, 5) is 6.91. The van der Waals surface area contributed by atoms with Crippen molar-refractivity contribution in [3.8, 4) is 12.3 Å². The van der Waals surface area contributed by atoms with Crippen molar-refractivity contribution in [3.63, 3.8) is 0 Å². The molecule has 1 heterocycles. The van der Waals surface area contributed by atoms with E-state index in [1.165, 1.54) is 11.8 Å². The van der Waals surface area contributed by atoms with Crippen LogP contribution in [0.4, 0.5) is 8.78 Å². The maximum absolute atomic E-state index is 12.8. The molecule has 0 spiro atoms. The second-order valence-electron chi connectivity index (χ2n) is 2.82. The monoisotopic (exact) mass is 224 g/mol. The summed E-state index contributed by atoms with van der Waals surface area (Å²) >= 11 is 1.31. The molecule has 2 aromatic rings. The van der Waals surface area contributed by atoms with E-state index in [0.29, 0.717) is 21.9 Å². The average Bonchev–Trinajstić information content (AvgIpc) is 2.58. The van der Waals surface area contributed by atoms with Crippen LogP contribution in [-0.4, -0.2) is 15.7 Å². The van der Waals surface area contributed by atoms with Crippen LogP contribution in [0.5, 0.6) is 0 Å².